The SMILES string of the molecule is CC(C1C=CC(N)CC1)N1CCN(CP(=O)(O)O)CC2=NC(CC3CC23)CN(CP(=O)(O)O)CC1. The molecule has 1 saturated carbocycles. The van der Waals surface area contributed by atoms with E-state index in [1.807, 2.05) is 15.9 Å². The van der Waals surface area contributed by atoms with Gasteiger partial charge in [0.25, 0.3) is 0 Å². The normalized spacial score (nSPS) is 34.9. The first-order valence-electron chi connectivity index (χ1n) is 12.6. The van der Waals surface area contributed by atoms with Crippen LogP contribution >= 0.6 is 15.2 Å². The summed E-state index contributed by atoms with van der Waals surface area (Å²) in [6.07, 6.45) is 7.46. The van der Waals surface area contributed by atoms with Gasteiger partial charge in [-0.2, -0.15) is 0 Å². The molecule has 1 fully saturated rings. The van der Waals surface area contributed by atoms with Crippen molar-refractivity contribution in [1.82, 2.24) is 14.7 Å². The molecule has 4 aliphatic rings. The van der Waals surface area contributed by atoms with E-state index in [2.05, 4.69) is 17.9 Å². The molecule has 2 aliphatic heterocycles. The summed E-state index contributed by atoms with van der Waals surface area (Å²) in [7, 11) is -8.45. The molecule has 35 heavy (non-hydrogen) atoms. The van der Waals surface area contributed by atoms with Crippen LogP contribution in [0.25, 0.3) is 0 Å². The Morgan fingerprint density at radius 2 is 1.66 bits per heavy atom. The van der Waals surface area contributed by atoms with Gasteiger partial charge in [0, 0.05) is 63.0 Å². The molecule has 0 amide bonds. The van der Waals surface area contributed by atoms with E-state index in [4.69, 9.17) is 10.7 Å². The molecule has 0 aromatic rings. The second-order valence-corrected chi connectivity index (χ2v) is 14.1. The molecule has 2 heterocycles. The van der Waals surface area contributed by atoms with Crippen LogP contribution in [0.15, 0.2) is 17.1 Å². The third-order valence-electron chi connectivity index (χ3n) is 7.94. The molecule has 2 bridgehead atoms. The van der Waals surface area contributed by atoms with Gasteiger partial charge < -0.3 is 25.3 Å². The second kappa shape index (κ2) is 11.1. The van der Waals surface area contributed by atoms with Gasteiger partial charge in [0.15, 0.2) is 0 Å². The molecular formula is C22H41N5O6P2. The van der Waals surface area contributed by atoms with Gasteiger partial charge in [-0.25, -0.2) is 0 Å². The van der Waals surface area contributed by atoms with Crippen LogP contribution in [-0.4, -0.2) is 110 Å². The molecule has 0 aromatic heterocycles. The number of hydrogen-bond acceptors (Lipinski definition) is 7. The highest BCUT2D eigenvalue weighted by Gasteiger charge is 2.46. The summed E-state index contributed by atoms with van der Waals surface area (Å²) in [6, 6.07) is 0.194. The van der Waals surface area contributed by atoms with Crippen LogP contribution in [0, 0.1) is 17.8 Å². The van der Waals surface area contributed by atoms with Crippen molar-refractivity contribution in [3.63, 3.8) is 0 Å². The van der Waals surface area contributed by atoms with Crippen molar-refractivity contribution in [1.29, 1.82) is 0 Å². The Morgan fingerprint density at radius 1 is 1.00 bits per heavy atom. The topological polar surface area (TPSA) is 163 Å². The third kappa shape index (κ3) is 8.27. The number of hydrogen-bond donors (Lipinski definition) is 5. The van der Waals surface area contributed by atoms with Crippen LogP contribution in [0.5, 0.6) is 0 Å². The van der Waals surface area contributed by atoms with Gasteiger partial charge in [0.1, 0.15) is 12.6 Å². The summed E-state index contributed by atoms with van der Waals surface area (Å²) in [5.74, 6) is 1.20. The predicted molar refractivity (Wildman–Crippen MR) is 135 cm³/mol. The van der Waals surface area contributed by atoms with Gasteiger partial charge in [-0.15, -0.1) is 0 Å². The zero-order valence-corrected chi connectivity index (χ0v) is 22.3. The van der Waals surface area contributed by atoms with E-state index in [-0.39, 0.29) is 30.7 Å². The summed E-state index contributed by atoms with van der Waals surface area (Å²) in [4.78, 5) is 49.8. The Balaban J connectivity index is 1.57. The molecule has 2 aliphatic carbocycles. The number of rotatable bonds is 6. The van der Waals surface area contributed by atoms with E-state index in [9.17, 15) is 28.7 Å². The molecule has 6 N–H and O–H groups in total. The minimum Gasteiger partial charge on any atom is -0.324 e. The van der Waals surface area contributed by atoms with Crippen molar-refractivity contribution in [2.24, 2.45) is 28.5 Å². The quantitative estimate of drug-likeness (QED) is 0.243. The van der Waals surface area contributed by atoms with Crippen molar-refractivity contribution >= 4 is 20.9 Å². The van der Waals surface area contributed by atoms with Crippen LogP contribution < -0.4 is 5.73 Å². The van der Waals surface area contributed by atoms with E-state index in [0.29, 0.717) is 57.0 Å². The first-order valence-corrected chi connectivity index (χ1v) is 16.2. The van der Waals surface area contributed by atoms with Crippen molar-refractivity contribution in [2.75, 3.05) is 51.8 Å². The lowest BCUT2D eigenvalue weighted by atomic mass is 9.87. The lowest BCUT2D eigenvalue weighted by Gasteiger charge is -2.39. The smallest absolute Gasteiger partial charge is 0.324 e. The zero-order chi connectivity index (χ0) is 25.4. The molecule has 4 rings (SSSR count). The Kier molecular flexibility index (Phi) is 8.76. The fourth-order valence-electron chi connectivity index (χ4n) is 5.98. The van der Waals surface area contributed by atoms with E-state index < -0.39 is 15.2 Å². The summed E-state index contributed by atoms with van der Waals surface area (Å²) < 4.78 is 23.8. The second-order valence-electron chi connectivity index (χ2n) is 10.9. The molecule has 0 aromatic carbocycles. The molecule has 6 unspecified atom stereocenters. The van der Waals surface area contributed by atoms with Crippen molar-refractivity contribution in [2.45, 2.75) is 50.7 Å². The van der Waals surface area contributed by atoms with E-state index >= 15 is 0 Å². The summed E-state index contributed by atoms with van der Waals surface area (Å²) in [5, 5.41) is 0. The summed E-state index contributed by atoms with van der Waals surface area (Å²) in [6.45, 7) is 5.28. The largest absolute Gasteiger partial charge is 0.339 e. The zero-order valence-electron chi connectivity index (χ0n) is 20.5. The van der Waals surface area contributed by atoms with Crippen LogP contribution in [0.3, 0.4) is 0 Å². The van der Waals surface area contributed by atoms with Crippen molar-refractivity contribution in [3.05, 3.63) is 12.2 Å². The van der Waals surface area contributed by atoms with Crippen molar-refractivity contribution < 1.29 is 28.7 Å². The average Bonchev–Trinajstić information content (AvgIpc) is 3.50. The number of nitrogens with two attached hydrogens (primary N) is 1. The van der Waals surface area contributed by atoms with Gasteiger partial charge in [0.2, 0.25) is 0 Å². The maximum Gasteiger partial charge on any atom is 0.339 e. The molecule has 200 valence electrons. The molecule has 0 spiro atoms. The standard InChI is InChI=1S/C22H41N5O6P2/c1-16(17-2-4-19(23)5-3-17)27-8-6-25(14-34(28,29)30)12-20-10-18-11-21(18)22(24-20)13-26(7-9-27)15-35(31,32)33/h2,4,16-21H,3,5-15,23H2,1H3,(H2,28,29,30)(H2,31,32,33). The van der Waals surface area contributed by atoms with E-state index in [1.165, 1.54) is 0 Å². The molecular weight excluding hydrogens is 492 g/mol. The molecule has 0 saturated heterocycles. The highest BCUT2D eigenvalue weighted by molar-refractivity contribution is 7.51. The monoisotopic (exact) mass is 533 g/mol. The Labute approximate surface area is 207 Å². The Bertz CT molecular complexity index is 907. The van der Waals surface area contributed by atoms with Gasteiger partial charge >= 0.3 is 15.2 Å². The van der Waals surface area contributed by atoms with Gasteiger partial charge in [0.05, 0.1) is 6.04 Å². The first kappa shape index (κ1) is 27.6. The van der Waals surface area contributed by atoms with Crippen LogP contribution in [0.4, 0.5) is 0 Å². The minimum absolute atomic E-state index is 0.0507. The molecule has 6 atom stereocenters. The molecule has 11 nitrogen and oxygen atoms in total. The van der Waals surface area contributed by atoms with Crippen LogP contribution in [0.2, 0.25) is 0 Å². The fraction of sp³-hybridized carbons (Fsp3) is 0.864. The minimum atomic E-state index is -4.23. The maximum atomic E-state index is 11.9. The van der Waals surface area contributed by atoms with Crippen LogP contribution in [0.1, 0.15) is 32.6 Å². The predicted octanol–water partition coefficient (Wildman–Crippen LogP) is 0.708. The average molecular weight is 534 g/mol. The molecule has 0 radical (unpaired) electrons. The lowest BCUT2D eigenvalue weighted by Crippen LogP contribution is -2.49. The molecule has 13 heteroatoms. The van der Waals surface area contributed by atoms with E-state index in [0.717, 1.165) is 31.4 Å². The maximum absolute atomic E-state index is 11.9. The summed E-state index contributed by atoms with van der Waals surface area (Å²) >= 11 is 0. The Hall–Kier alpha value is -0.450. The first-order chi connectivity index (χ1) is 16.4. The van der Waals surface area contributed by atoms with Crippen LogP contribution in [-0.2, 0) is 9.13 Å². The van der Waals surface area contributed by atoms with Gasteiger partial charge in [-0.05, 0) is 44.4 Å². The van der Waals surface area contributed by atoms with Gasteiger partial charge in [-0.3, -0.25) is 28.8 Å². The lowest BCUT2D eigenvalue weighted by molar-refractivity contribution is 0.123. The Morgan fingerprint density at radius 3 is 2.29 bits per heavy atom. The van der Waals surface area contributed by atoms with Crippen molar-refractivity contribution in [3.8, 4) is 0 Å². The number of fused-ring (bicyclic) bond motifs is 3. The summed E-state index contributed by atoms with van der Waals surface area (Å²) in [5.41, 5.74) is 7.02. The third-order valence-corrected chi connectivity index (χ3v) is 9.48. The number of nitrogens with zero attached hydrogens (tertiary/aromatic N) is 4. The highest BCUT2D eigenvalue weighted by Crippen LogP contribution is 2.47. The number of aliphatic imine (C=N–C) groups is 1. The fourth-order valence-corrected chi connectivity index (χ4v) is 7.52. The highest BCUT2D eigenvalue weighted by atomic mass is 31.2. The van der Waals surface area contributed by atoms with E-state index in [1.54, 1.807) is 0 Å². The van der Waals surface area contributed by atoms with Gasteiger partial charge in [-0.1, -0.05) is 12.2 Å².